The molecule has 2 aliphatic heterocycles. The van der Waals surface area contributed by atoms with Crippen LogP contribution in [-0.4, -0.2) is 41.3 Å². The first-order valence-electron chi connectivity index (χ1n) is 7.39. The maximum Gasteiger partial charge on any atom is 0.340 e. The van der Waals surface area contributed by atoms with E-state index in [1.54, 1.807) is 6.07 Å². The van der Waals surface area contributed by atoms with Crippen molar-refractivity contribution in [2.75, 3.05) is 7.11 Å². The molecule has 0 aromatic heterocycles. The zero-order valence-corrected chi connectivity index (χ0v) is 12.1. The fraction of sp³-hybridized carbons (Fsp3) is 0.562. The molecular weight excluding hydrogens is 273 g/mol. The minimum atomic E-state index is -0.653. The lowest BCUT2D eigenvalue weighted by atomic mass is 9.99. The molecule has 2 fully saturated rings. The summed E-state index contributed by atoms with van der Waals surface area (Å²) in [5, 5.41) is 9.80. The van der Waals surface area contributed by atoms with Gasteiger partial charge in [0.15, 0.2) is 0 Å². The predicted octanol–water partition coefficient (Wildman–Crippen LogP) is 2.10. The van der Waals surface area contributed by atoms with Crippen LogP contribution in [0.5, 0.6) is 0 Å². The zero-order chi connectivity index (χ0) is 15.0. The standard InChI is InChI=1S/C16H20FNO3/c1-21-16(20)14-5-2-10(6-15(14)17)9-18-11-3-4-12(18)8-13(19)7-11/h2,5-6,11-13,19H,3-4,7-9H2,1H3. The smallest absolute Gasteiger partial charge is 0.340 e. The Bertz CT molecular complexity index is 534. The molecule has 2 bridgehead atoms. The normalized spacial score (nSPS) is 28.6. The van der Waals surface area contributed by atoms with Gasteiger partial charge in [0, 0.05) is 18.6 Å². The molecule has 0 aliphatic carbocycles. The van der Waals surface area contributed by atoms with Crippen molar-refractivity contribution >= 4 is 5.97 Å². The van der Waals surface area contributed by atoms with Gasteiger partial charge in [0.2, 0.25) is 0 Å². The number of piperidine rings is 1. The number of aliphatic hydroxyl groups excluding tert-OH is 1. The van der Waals surface area contributed by atoms with E-state index >= 15 is 0 Å². The van der Waals surface area contributed by atoms with Crippen molar-refractivity contribution in [2.24, 2.45) is 0 Å². The lowest BCUT2D eigenvalue weighted by Crippen LogP contribution is -2.44. The van der Waals surface area contributed by atoms with E-state index in [0.717, 1.165) is 31.2 Å². The molecule has 21 heavy (non-hydrogen) atoms. The Kier molecular flexibility index (Phi) is 3.95. The summed E-state index contributed by atoms with van der Waals surface area (Å²) in [6, 6.07) is 5.46. The van der Waals surface area contributed by atoms with E-state index in [0.29, 0.717) is 18.6 Å². The van der Waals surface area contributed by atoms with Crippen LogP contribution in [-0.2, 0) is 11.3 Å². The van der Waals surface area contributed by atoms with Gasteiger partial charge >= 0.3 is 5.97 Å². The number of ether oxygens (including phenoxy) is 1. The maximum absolute atomic E-state index is 14.0. The number of carbonyl (C=O) groups is 1. The molecule has 2 aliphatic rings. The Labute approximate surface area is 123 Å². The molecule has 1 aromatic carbocycles. The molecule has 0 amide bonds. The van der Waals surface area contributed by atoms with E-state index in [-0.39, 0.29) is 11.7 Å². The van der Waals surface area contributed by atoms with Crippen LogP contribution in [0.3, 0.4) is 0 Å². The largest absolute Gasteiger partial charge is 0.465 e. The summed E-state index contributed by atoms with van der Waals surface area (Å²) < 4.78 is 18.5. The van der Waals surface area contributed by atoms with Gasteiger partial charge in [-0.25, -0.2) is 9.18 Å². The Morgan fingerprint density at radius 2 is 2.05 bits per heavy atom. The summed E-state index contributed by atoms with van der Waals surface area (Å²) in [5.74, 6) is -1.19. The van der Waals surface area contributed by atoms with Gasteiger partial charge in [-0.15, -0.1) is 0 Å². The number of benzene rings is 1. The topological polar surface area (TPSA) is 49.8 Å². The highest BCUT2D eigenvalue weighted by Crippen LogP contribution is 2.36. The first-order chi connectivity index (χ1) is 10.1. The van der Waals surface area contributed by atoms with E-state index in [4.69, 9.17) is 0 Å². The summed E-state index contributed by atoms with van der Waals surface area (Å²) >= 11 is 0. The van der Waals surface area contributed by atoms with Gasteiger partial charge in [-0.05, 0) is 43.4 Å². The third kappa shape index (κ3) is 2.80. The van der Waals surface area contributed by atoms with Crippen molar-refractivity contribution in [3.05, 3.63) is 35.1 Å². The van der Waals surface area contributed by atoms with Crippen molar-refractivity contribution in [2.45, 2.75) is 50.4 Å². The first kappa shape index (κ1) is 14.5. The quantitative estimate of drug-likeness (QED) is 0.867. The molecule has 0 radical (unpaired) electrons. The second kappa shape index (κ2) is 5.73. The predicted molar refractivity (Wildman–Crippen MR) is 75.3 cm³/mol. The summed E-state index contributed by atoms with van der Waals surface area (Å²) in [5.41, 5.74) is 0.826. The van der Waals surface area contributed by atoms with Gasteiger partial charge in [0.05, 0.1) is 18.8 Å². The molecule has 0 saturated carbocycles. The molecule has 2 heterocycles. The van der Waals surface area contributed by atoms with Gasteiger partial charge < -0.3 is 9.84 Å². The highest BCUT2D eigenvalue weighted by Gasteiger charge is 2.39. The minimum Gasteiger partial charge on any atom is -0.465 e. The van der Waals surface area contributed by atoms with Crippen LogP contribution < -0.4 is 0 Å². The maximum atomic E-state index is 14.0. The third-order valence-corrected chi connectivity index (χ3v) is 4.66. The Balaban J connectivity index is 1.74. The SMILES string of the molecule is COC(=O)c1ccc(CN2C3CCC2CC(O)C3)cc1F. The van der Waals surface area contributed by atoms with Gasteiger partial charge in [-0.1, -0.05) is 6.07 Å². The summed E-state index contributed by atoms with van der Waals surface area (Å²) in [7, 11) is 1.24. The average Bonchev–Trinajstić information content (AvgIpc) is 2.70. The van der Waals surface area contributed by atoms with Crippen molar-refractivity contribution in [1.29, 1.82) is 0 Å². The van der Waals surface area contributed by atoms with Crippen LogP contribution in [0.4, 0.5) is 4.39 Å². The van der Waals surface area contributed by atoms with Gasteiger partial charge in [-0.3, -0.25) is 4.90 Å². The van der Waals surface area contributed by atoms with Crippen LogP contribution in [0.1, 0.15) is 41.6 Å². The Morgan fingerprint density at radius 3 is 2.62 bits per heavy atom. The fourth-order valence-electron chi connectivity index (χ4n) is 3.65. The van der Waals surface area contributed by atoms with Crippen LogP contribution >= 0.6 is 0 Å². The third-order valence-electron chi connectivity index (χ3n) is 4.66. The zero-order valence-electron chi connectivity index (χ0n) is 12.1. The van der Waals surface area contributed by atoms with Crippen molar-refractivity contribution in [1.82, 2.24) is 4.90 Å². The van der Waals surface area contributed by atoms with Gasteiger partial charge in [-0.2, -0.15) is 0 Å². The number of aliphatic hydroxyl groups is 1. The van der Waals surface area contributed by atoms with Crippen molar-refractivity contribution in [3.8, 4) is 0 Å². The van der Waals surface area contributed by atoms with E-state index in [2.05, 4.69) is 9.64 Å². The van der Waals surface area contributed by atoms with Crippen LogP contribution in [0, 0.1) is 5.82 Å². The number of halogens is 1. The van der Waals surface area contributed by atoms with Crippen LogP contribution in [0.15, 0.2) is 18.2 Å². The number of nitrogens with zero attached hydrogens (tertiary/aromatic N) is 1. The monoisotopic (exact) mass is 293 g/mol. The minimum absolute atomic E-state index is 0.0294. The molecule has 114 valence electrons. The number of carbonyl (C=O) groups excluding carboxylic acids is 1. The van der Waals surface area contributed by atoms with E-state index < -0.39 is 11.8 Å². The number of esters is 1. The first-order valence-corrected chi connectivity index (χ1v) is 7.39. The van der Waals surface area contributed by atoms with E-state index in [9.17, 15) is 14.3 Å². The molecule has 0 spiro atoms. The van der Waals surface area contributed by atoms with Crippen molar-refractivity contribution < 1.29 is 19.0 Å². The van der Waals surface area contributed by atoms with E-state index in [1.165, 1.54) is 19.2 Å². The van der Waals surface area contributed by atoms with Crippen LogP contribution in [0.25, 0.3) is 0 Å². The molecule has 2 unspecified atom stereocenters. The fourth-order valence-corrected chi connectivity index (χ4v) is 3.65. The summed E-state index contributed by atoms with van der Waals surface area (Å²) in [6.45, 7) is 0.667. The second-order valence-electron chi connectivity index (χ2n) is 5.99. The lowest BCUT2D eigenvalue weighted by Gasteiger charge is -2.37. The molecule has 3 rings (SSSR count). The number of hydrogen-bond donors (Lipinski definition) is 1. The summed E-state index contributed by atoms with van der Waals surface area (Å²) in [4.78, 5) is 13.7. The molecule has 2 saturated heterocycles. The number of hydrogen-bond acceptors (Lipinski definition) is 4. The molecule has 4 nitrogen and oxygen atoms in total. The highest BCUT2D eigenvalue weighted by molar-refractivity contribution is 5.89. The number of methoxy groups -OCH3 is 1. The van der Waals surface area contributed by atoms with Gasteiger partial charge in [0.25, 0.3) is 0 Å². The summed E-state index contributed by atoms with van der Waals surface area (Å²) in [6.07, 6.45) is 3.62. The molecular formula is C16H20FNO3. The number of fused-ring (bicyclic) bond motifs is 2. The van der Waals surface area contributed by atoms with Gasteiger partial charge in [0.1, 0.15) is 5.82 Å². The molecule has 1 aromatic rings. The molecule has 2 atom stereocenters. The molecule has 5 heteroatoms. The van der Waals surface area contributed by atoms with Crippen LogP contribution in [0.2, 0.25) is 0 Å². The average molecular weight is 293 g/mol. The Hall–Kier alpha value is -1.46. The van der Waals surface area contributed by atoms with E-state index in [1.807, 2.05) is 0 Å². The second-order valence-corrected chi connectivity index (χ2v) is 5.99. The highest BCUT2D eigenvalue weighted by atomic mass is 19.1. The Morgan fingerprint density at radius 1 is 1.38 bits per heavy atom. The van der Waals surface area contributed by atoms with Crippen molar-refractivity contribution in [3.63, 3.8) is 0 Å². The lowest BCUT2D eigenvalue weighted by molar-refractivity contribution is 0.0309. The molecule has 1 N–H and O–H groups in total. The number of rotatable bonds is 3.